The first-order chi connectivity index (χ1) is 11.9. The molecule has 1 N–H and O–H groups in total. The first-order valence-electron chi connectivity index (χ1n) is 8.09. The summed E-state index contributed by atoms with van der Waals surface area (Å²) in [4.78, 5) is 12.6. The zero-order chi connectivity index (χ0) is 17.8. The van der Waals surface area contributed by atoms with E-state index in [2.05, 4.69) is 4.72 Å². The molecule has 4 rings (SSSR count). The van der Waals surface area contributed by atoms with Crippen molar-refractivity contribution in [2.24, 2.45) is 0 Å². The van der Waals surface area contributed by atoms with E-state index in [0.29, 0.717) is 17.7 Å². The summed E-state index contributed by atoms with van der Waals surface area (Å²) < 4.78 is 44.3. The molecular formula is C17H19NO6S. The Hall–Kier alpha value is -1.90. The molecule has 7 nitrogen and oxygen atoms in total. The predicted molar refractivity (Wildman–Crippen MR) is 88.9 cm³/mol. The van der Waals surface area contributed by atoms with E-state index in [1.54, 1.807) is 37.3 Å². The van der Waals surface area contributed by atoms with E-state index >= 15 is 0 Å². The molecule has 5 atom stereocenters. The molecule has 134 valence electrons. The molecule has 0 amide bonds. The predicted octanol–water partition coefficient (Wildman–Crippen LogP) is 1.01. The van der Waals surface area contributed by atoms with E-state index < -0.39 is 39.0 Å². The van der Waals surface area contributed by atoms with E-state index in [-0.39, 0.29) is 6.10 Å². The summed E-state index contributed by atoms with van der Waals surface area (Å²) in [6, 6.07) is 6.03. The van der Waals surface area contributed by atoms with Gasteiger partial charge in [-0.15, -0.1) is 0 Å². The third kappa shape index (κ3) is 2.47. The highest BCUT2D eigenvalue weighted by molar-refractivity contribution is 7.90. The van der Waals surface area contributed by atoms with Crippen LogP contribution in [0.5, 0.6) is 5.75 Å². The highest BCUT2D eigenvalue weighted by Crippen LogP contribution is 2.48. The number of rotatable bonds is 3. The zero-order valence-corrected chi connectivity index (χ0v) is 14.7. The smallest absolute Gasteiger partial charge is 0.338 e. The lowest BCUT2D eigenvalue weighted by molar-refractivity contribution is -0.0845. The lowest BCUT2D eigenvalue weighted by Gasteiger charge is -2.44. The van der Waals surface area contributed by atoms with E-state index in [9.17, 15) is 13.2 Å². The fourth-order valence-electron chi connectivity index (χ4n) is 3.94. The minimum atomic E-state index is -3.53. The summed E-state index contributed by atoms with van der Waals surface area (Å²) in [5.74, 6) is -0.00171. The number of ether oxygens (including phenoxy) is 3. The van der Waals surface area contributed by atoms with Crippen molar-refractivity contribution in [3.63, 3.8) is 0 Å². The first kappa shape index (κ1) is 16.6. The summed E-state index contributed by atoms with van der Waals surface area (Å²) in [5.41, 5.74) is -0.785. The van der Waals surface area contributed by atoms with Gasteiger partial charge in [0.1, 0.15) is 16.6 Å². The number of sulfonamides is 1. The van der Waals surface area contributed by atoms with Crippen LogP contribution >= 0.6 is 0 Å². The number of esters is 1. The van der Waals surface area contributed by atoms with Crippen LogP contribution < -0.4 is 9.46 Å². The van der Waals surface area contributed by atoms with Gasteiger partial charge in [-0.05, 0) is 37.6 Å². The molecule has 0 aromatic heterocycles. The molecule has 1 aromatic carbocycles. The number of methoxy groups -OCH3 is 1. The minimum Gasteiger partial charge on any atom is -0.497 e. The first-order valence-corrected chi connectivity index (χ1v) is 9.64. The number of benzene rings is 1. The Labute approximate surface area is 146 Å². The molecule has 1 spiro atoms. The van der Waals surface area contributed by atoms with Crippen molar-refractivity contribution >= 4 is 16.0 Å². The molecular weight excluding hydrogens is 346 g/mol. The van der Waals surface area contributed by atoms with Crippen molar-refractivity contribution < 1.29 is 27.4 Å². The van der Waals surface area contributed by atoms with Crippen LogP contribution in [0, 0.1) is 0 Å². The number of hydrogen-bond acceptors (Lipinski definition) is 6. The van der Waals surface area contributed by atoms with Crippen LogP contribution in [0.15, 0.2) is 36.4 Å². The molecule has 0 saturated carbocycles. The third-order valence-electron chi connectivity index (χ3n) is 5.04. The van der Waals surface area contributed by atoms with Gasteiger partial charge in [-0.2, -0.15) is 0 Å². The molecule has 3 aliphatic heterocycles. The Morgan fingerprint density at radius 2 is 2.20 bits per heavy atom. The van der Waals surface area contributed by atoms with Gasteiger partial charge in [0.15, 0.2) is 6.10 Å². The van der Waals surface area contributed by atoms with Crippen LogP contribution in [0.25, 0.3) is 0 Å². The van der Waals surface area contributed by atoms with Gasteiger partial charge < -0.3 is 14.2 Å². The summed E-state index contributed by atoms with van der Waals surface area (Å²) >= 11 is 0. The Morgan fingerprint density at radius 3 is 2.92 bits per heavy atom. The largest absolute Gasteiger partial charge is 0.497 e. The molecule has 0 unspecified atom stereocenters. The maximum atomic E-state index is 12.6. The number of carbonyl (C=O) groups excluding carboxylic acids is 1. The quantitative estimate of drug-likeness (QED) is 0.635. The summed E-state index contributed by atoms with van der Waals surface area (Å²) in [6.45, 7) is 1.68. The van der Waals surface area contributed by atoms with Gasteiger partial charge in [0.05, 0.1) is 24.8 Å². The van der Waals surface area contributed by atoms with Crippen molar-refractivity contribution in [2.45, 2.75) is 42.4 Å². The molecule has 3 aliphatic rings. The van der Waals surface area contributed by atoms with Gasteiger partial charge in [0.25, 0.3) is 0 Å². The topological polar surface area (TPSA) is 90.9 Å². The number of carbonyl (C=O) groups is 1. The fraction of sp³-hybridized carbons (Fsp3) is 0.471. The third-order valence-corrected chi connectivity index (χ3v) is 7.05. The van der Waals surface area contributed by atoms with Crippen LogP contribution in [-0.2, 0) is 19.5 Å². The van der Waals surface area contributed by atoms with Gasteiger partial charge in [0, 0.05) is 0 Å². The van der Waals surface area contributed by atoms with E-state index in [1.807, 2.05) is 6.08 Å². The van der Waals surface area contributed by atoms with Crippen LogP contribution in [0.1, 0.15) is 23.7 Å². The Bertz CT molecular complexity index is 850. The summed E-state index contributed by atoms with van der Waals surface area (Å²) in [5, 5.41) is -0.755. The molecule has 0 aliphatic carbocycles. The highest BCUT2D eigenvalue weighted by atomic mass is 32.2. The minimum absolute atomic E-state index is 0.259. The maximum Gasteiger partial charge on any atom is 0.338 e. The fourth-order valence-corrected chi connectivity index (χ4v) is 5.94. The summed E-state index contributed by atoms with van der Waals surface area (Å²) in [6.07, 6.45) is 2.94. The molecule has 2 bridgehead atoms. The van der Waals surface area contributed by atoms with Crippen molar-refractivity contribution in [3.8, 4) is 5.75 Å². The second kappa shape index (κ2) is 5.55. The highest BCUT2D eigenvalue weighted by Gasteiger charge is 2.65. The van der Waals surface area contributed by atoms with E-state index in [1.165, 1.54) is 7.11 Å². The maximum absolute atomic E-state index is 12.6. The van der Waals surface area contributed by atoms with E-state index in [0.717, 1.165) is 0 Å². The van der Waals surface area contributed by atoms with E-state index in [4.69, 9.17) is 14.2 Å². The van der Waals surface area contributed by atoms with Crippen molar-refractivity contribution in [1.82, 2.24) is 4.72 Å². The second-order valence-corrected chi connectivity index (χ2v) is 8.50. The molecule has 3 heterocycles. The van der Waals surface area contributed by atoms with Crippen molar-refractivity contribution in [2.75, 3.05) is 7.11 Å². The second-order valence-electron chi connectivity index (χ2n) is 6.60. The summed E-state index contributed by atoms with van der Waals surface area (Å²) in [7, 11) is -2.02. The van der Waals surface area contributed by atoms with Crippen molar-refractivity contribution in [1.29, 1.82) is 0 Å². The number of fused-ring (bicyclic) bond motifs is 1. The lowest BCUT2D eigenvalue weighted by Crippen LogP contribution is -2.67. The lowest BCUT2D eigenvalue weighted by atomic mass is 9.85. The monoisotopic (exact) mass is 365 g/mol. The molecule has 8 heteroatoms. The van der Waals surface area contributed by atoms with Gasteiger partial charge >= 0.3 is 5.97 Å². The Kier molecular flexibility index (Phi) is 3.68. The Morgan fingerprint density at radius 1 is 1.40 bits per heavy atom. The standard InChI is InChI=1S/C17H19NO6S/c1-10-15(23-16(19)11-4-3-5-12(8-11)22-2)17-7-6-13(24-17)9-14(17)25(20,21)18-10/h3-8,10,13-15,18H,9H2,1-2H3/t10-,13-,14-,15-,17+/m0/s1. The van der Waals surface area contributed by atoms with Gasteiger partial charge in [-0.1, -0.05) is 12.1 Å². The zero-order valence-electron chi connectivity index (χ0n) is 13.8. The van der Waals surface area contributed by atoms with Gasteiger partial charge in [-0.25, -0.2) is 17.9 Å². The van der Waals surface area contributed by atoms with Crippen LogP contribution in [0.4, 0.5) is 0 Å². The SMILES string of the molecule is COc1cccc(C(=O)O[C@H]2[C@H](C)NS(=O)(=O)[C@H]3C[C@@H]4C=C[C@]23O4)c1. The molecule has 2 saturated heterocycles. The average molecular weight is 365 g/mol. The van der Waals surface area contributed by atoms with Crippen LogP contribution in [0.3, 0.4) is 0 Å². The normalized spacial score (nSPS) is 37.5. The van der Waals surface area contributed by atoms with Gasteiger partial charge in [-0.3, -0.25) is 0 Å². The van der Waals surface area contributed by atoms with Crippen molar-refractivity contribution in [3.05, 3.63) is 42.0 Å². The number of hydrogen-bond donors (Lipinski definition) is 1. The number of nitrogens with one attached hydrogen (secondary N) is 1. The molecule has 2 fully saturated rings. The molecule has 25 heavy (non-hydrogen) atoms. The van der Waals surface area contributed by atoms with Crippen LogP contribution in [-0.4, -0.2) is 50.6 Å². The Balaban J connectivity index is 1.65. The van der Waals surface area contributed by atoms with Crippen LogP contribution in [0.2, 0.25) is 0 Å². The van der Waals surface area contributed by atoms with Gasteiger partial charge in [0.2, 0.25) is 10.0 Å². The average Bonchev–Trinajstić information content (AvgIpc) is 3.17. The molecule has 1 aromatic rings. The molecule has 0 radical (unpaired) electrons.